The van der Waals surface area contributed by atoms with Gasteiger partial charge in [-0.25, -0.2) is 9.36 Å². The first-order valence-corrected chi connectivity index (χ1v) is 13.9. The molecule has 2 aromatic carbocycles. The molecule has 0 amide bonds. The van der Waals surface area contributed by atoms with Crippen molar-refractivity contribution in [1.82, 2.24) is 30.0 Å². The second-order valence-electron chi connectivity index (χ2n) is 10.6. The van der Waals surface area contributed by atoms with Gasteiger partial charge in [0.05, 0.1) is 13.2 Å². The van der Waals surface area contributed by atoms with Crippen molar-refractivity contribution in [2.45, 2.75) is 61.3 Å². The molecule has 16 heteroatoms. The Balaban J connectivity index is 1.61. The smallest absolute Gasteiger partial charge is 0.181 e. The summed E-state index contributed by atoms with van der Waals surface area (Å²) in [5.74, 6) is 0. The van der Waals surface area contributed by atoms with Crippen LogP contribution in [0.25, 0.3) is 33.9 Å². The van der Waals surface area contributed by atoms with Crippen molar-refractivity contribution >= 4 is 0 Å². The van der Waals surface area contributed by atoms with Crippen molar-refractivity contribution in [2.24, 2.45) is 0 Å². The van der Waals surface area contributed by atoms with Gasteiger partial charge in [-0.15, -0.1) is 10.2 Å². The molecule has 0 aliphatic carbocycles. The number of hydrogen-bond donors (Lipinski definition) is 8. The lowest BCUT2D eigenvalue weighted by Gasteiger charge is -2.41. The number of hydrogen-bond acceptors (Lipinski definition) is 14. The van der Waals surface area contributed by atoms with Crippen molar-refractivity contribution in [3.8, 4) is 33.9 Å². The van der Waals surface area contributed by atoms with Crippen LogP contribution in [0.4, 0.5) is 0 Å². The molecule has 6 rings (SSSR count). The fraction of sp³-hybridized carbons (Fsp3) is 0.429. The predicted octanol–water partition coefficient (Wildman–Crippen LogP) is -2.18. The molecule has 44 heavy (non-hydrogen) atoms. The number of aliphatic hydroxyl groups excluding tert-OH is 8. The summed E-state index contributed by atoms with van der Waals surface area (Å²) in [6.07, 6.45) is -15.7. The maximum absolute atomic E-state index is 11.1. The van der Waals surface area contributed by atoms with Gasteiger partial charge < -0.3 is 50.3 Å². The molecule has 0 radical (unpaired) electrons. The first kappa shape index (κ1) is 30.4. The van der Waals surface area contributed by atoms with Crippen LogP contribution in [0, 0.1) is 0 Å². The van der Waals surface area contributed by atoms with Gasteiger partial charge >= 0.3 is 0 Å². The van der Waals surface area contributed by atoms with E-state index in [1.165, 1.54) is 0 Å². The molecular formula is C28H32N6O10. The highest BCUT2D eigenvalue weighted by Crippen LogP contribution is 2.42. The summed E-state index contributed by atoms with van der Waals surface area (Å²) in [7, 11) is 0. The molecule has 2 aromatic heterocycles. The molecule has 2 aliphatic heterocycles. The van der Waals surface area contributed by atoms with Crippen LogP contribution in [0.5, 0.6) is 0 Å². The Kier molecular flexibility index (Phi) is 8.53. The third-order valence-electron chi connectivity index (χ3n) is 7.92. The lowest BCUT2D eigenvalue weighted by Crippen LogP contribution is -2.57. The fourth-order valence-corrected chi connectivity index (χ4v) is 5.53. The van der Waals surface area contributed by atoms with Gasteiger partial charge in [0.25, 0.3) is 0 Å². The molecular weight excluding hydrogens is 580 g/mol. The number of aliphatic hydroxyl groups is 8. The molecule has 0 bridgehead atoms. The van der Waals surface area contributed by atoms with E-state index in [-0.39, 0.29) is 22.8 Å². The summed E-state index contributed by atoms with van der Waals surface area (Å²) < 4.78 is 14.0. The average molecular weight is 613 g/mol. The molecule has 16 nitrogen and oxygen atoms in total. The van der Waals surface area contributed by atoms with Gasteiger partial charge in [-0.1, -0.05) is 71.1 Å². The summed E-state index contributed by atoms with van der Waals surface area (Å²) in [5, 5.41) is 101. The molecule has 4 heterocycles. The van der Waals surface area contributed by atoms with Gasteiger partial charge in [-0.2, -0.15) is 0 Å². The second-order valence-corrected chi connectivity index (χ2v) is 10.6. The highest BCUT2D eigenvalue weighted by molar-refractivity contribution is 5.84. The van der Waals surface area contributed by atoms with E-state index in [4.69, 9.17) is 9.47 Å². The summed E-state index contributed by atoms with van der Waals surface area (Å²) in [4.78, 5) is 0. The molecule has 234 valence electrons. The normalized spacial score (nSPS) is 32.5. The molecule has 2 saturated heterocycles. The molecule has 8 N–H and O–H groups in total. The van der Waals surface area contributed by atoms with E-state index in [0.29, 0.717) is 11.1 Å². The number of ether oxygens (including phenoxy) is 2. The Morgan fingerprint density at radius 1 is 0.523 bits per heavy atom. The standard InChI is InChI=1S/C28H32N6O10/c35-11-15-21(37)23(39)25(41)27(43-15)33-19(17(29-31-33)13-7-3-1-4-8-13)20-18(14-9-5-2-6-10-14)30-32-34(20)28-26(42)24(40)22(38)16(12-36)44-28/h1-10,15-16,21-28,35-42H,11-12H2/t15-,16-,21-,22-,23+,24+,25-,26-,27-,28-/m1/s1. The zero-order valence-electron chi connectivity index (χ0n) is 23.0. The Labute approximate surface area is 249 Å². The largest absolute Gasteiger partial charge is 0.394 e. The fourth-order valence-electron chi connectivity index (χ4n) is 5.53. The maximum atomic E-state index is 11.1. The summed E-state index contributed by atoms with van der Waals surface area (Å²) in [6.45, 7) is -1.37. The average Bonchev–Trinajstić information content (AvgIpc) is 3.68. The third-order valence-corrected chi connectivity index (χ3v) is 7.92. The molecule has 0 unspecified atom stereocenters. The highest BCUT2D eigenvalue weighted by Gasteiger charge is 2.48. The minimum Gasteiger partial charge on any atom is -0.394 e. The summed E-state index contributed by atoms with van der Waals surface area (Å²) in [5.41, 5.74) is 1.79. The maximum Gasteiger partial charge on any atom is 0.181 e. The topological polar surface area (TPSA) is 242 Å². The minimum atomic E-state index is -1.74. The third kappa shape index (κ3) is 5.10. The lowest BCUT2D eigenvalue weighted by molar-refractivity contribution is -0.255. The number of benzene rings is 2. The van der Waals surface area contributed by atoms with Gasteiger partial charge in [0.2, 0.25) is 0 Å². The van der Waals surface area contributed by atoms with Crippen LogP contribution in [-0.2, 0) is 9.47 Å². The van der Waals surface area contributed by atoms with E-state index >= 15 is 0 Å². The first-order valence-electron chi connectivity index (χ1n) is 13.9. The van der Waals surface area contributed by atoms with E-state index in [1.807, 2.05) is 0 Å². The van der Waals surface area contributed by atoms with Gasteiger partial charge in [0, 0.05) is 11.1 Å². The van der Waals surface area contributed by atoms with Crippen molar-refractivity contribution in [1.29, 1.82) is 0 Å². The van der Waals surface area contributed by atoms with Crippen LogP contribution in [0.3, 0.4) is 0 Å². The number of aromatic nitrogens is 6. The quantitative estimate of drug-likeness (QED) is 0.111. The van der Waals surface area contributed by atoms with E-state index in [9.17, 15) is 40.9 Å². The van der Waals surface area contributed by atoms with Gasteiger partial charge in [-0.3, -0.25) is 0 Å². The SMILES string of the molecule is OC[C@H]1O[C@@H](n2nnc(-c3ccccc3)c2-c2c(-c3ccccc3)nnn2[C@@H]2O[C@H](CO)[C@@H](O)[C@H](O)[C@H]2O)[C@H](O)[C@@H](O)[C@@H]1O. The van der Waals surface area contributed by atoms with Crippen LogP contribution in [-0.4, -0.2) is 133 Å². The van der Waals surface area contributed by atoms with Crippen molar-refractivity contribution in [2.75, 3.05) is 13.2 Å². The Hall–Kier alpha value is -3.68. The van der Waals surface area contributed by atoms with Gasteiger partial charge in [0.15, 0.2) is 12.5 Å². The zero-order valence-corrected chi connectivity index (χ0v) is 23.0. The lowest BCUT2D eigenvalue weighted by atomic mass is 9.97. The molecule has 0 spiro atoms. The van der Waals surface area contributed by atoms with Crippen LogP contribution < -0.4 is 0 Å². The Morgan fingerprint density at radius 2 is 0.886 bits per heavy atom. The molecule has 0 saturated carbocycles. The van der Waals surface area contributed by atoms with E-state index in [2.05, 4.69) is 20.6 Å². The Morgan fingerprint density at radius 3 is 1.23 bits per heavy atom. The molecule has 2 aliphatic rings. The molecule has 2 fully saturated rings. The van der Waals surface area contributed by atoms with Gasteiger partial charge in [-0.05, 0) is 0 Å². The van der Waals surface area contributed by atoms with E-state index in [1.54, 1.807) is 60.7 Å². The monoisotopic (exact) mass is 612 g/mol. The van der Waals surface area contributed by atoms with Crippen molar-refractivity contribution < 1.29 is 50.3 Å². The van der Waals surface area contributed by atoms with Crippen LogP contribution in [0.1, 0.15) is 12.5 Å². The van der Waals surface area contributed by atoms with Crippen LogP contribution in [0.2, 0.25) is 0 Å². The van der Waals surface area contributed by atoms with Crippen molar-refractivity contribution in [3.63, 3.8) is 0 Å². The van der Waals surface area contributed by atoms with Crippen LogP contribution >= 0.6 is 0 Å². The molecule has 10 atom stereocenters. The predicted molar refractivity (Wildman–Crippen MR) is 148 cm³/mol. The number of rotatable bonds is 7. The minimum absolute atomic E-state index is 0.112. The molecule has 4 aromatic rings. The van der Waals surface area contributed by atoms with E-state index in [0.717, 1.165) is 9.36 Å². The highest BCUT2D eigenvalue weighted by atomic mass is 16.6. The first-order chi connectivity index (χ1) is 21.3. The number of nitrogens with zero attached hydrogens (tertiary/aromatic N) is 6. The van der Waals surface area contributed by atoms with Crippen molar-refractivity contribution in [3.05, 3.63) is 60.7 Å². The Bertz CT molecular complexity index is 1440. The summed E-state index contributed by atoms with van der Waals surface area (Å²) >= 11 is 0. The zero-order chi connectivity index (χ0) is 31.1. The van der Waals surface area contributed by atoms with Gasteiger partial charge in [0.1, 0.15) is 71.6 Å². The summed E-state index contributed by atoms with van der Waals surface area (Å²) in [6, 6.07) is 17.6. The second kappa shape index (κ2) is 12.4. The van der Waals surface area contributed by atoms with Crippen LogP contribution in [0.15, 0.2) is 60.7 Å². The van der Waals surface area contributed by atoms with E-state index < -0.39 is 74.5 Å².